The molecule has 0 radical (unpaired) electrons. The molecule has 112 valence electrons. The van der Waals surface area contributed by atoms with Gasteiger partial charge in [-0.1, -0.05) is 6.92 Å². The van der Waals surface area contributed by atoms with E-state index in [1.54, 1.807) is 24.5 Å². The number of nitrogens with zero attached hydrogens (tertiary/aromatic N) is 3. The van der Waals surface area contributed by atoms with Gasteiger partial charge in [-0.2, -0.15) is 0 Å². The van der Waals surface area contributed by atoms with Crippen molar-refractivity contribution in [2.24, 2.45) is 0 Å². The van der Waals surface area contributed by atoms with Crippen molar-refractivity contribution < 1.29 is 8.81 Å². The van der Waals surface area contributed by atoms with Gasteiger partial charge in [-0.15, -0.1) is 10.2 Å². The first-order chi connectivity index (χ1) is 10.7. The number of pyridine rings is 1. The van der Waals surface area contributed by atoms with Crippen LogP contribution in [0.5, 0.6) is 0 Å². The Morgan fingerprint density at radius 2 is 2.09 bits per heavy atom. The second-order valence-corrected chi connectivity index (χ2v) is 5.77. The summed E-state index contributed by atoms with van der Waals surface area (Å²) in [5, 5.41) is 11.0. The van der Waals surface area contributed by atoms with Crippen molar-refractivity contribution >= 4 is 34.0 Å². The second kappa shape index (κ2) is 6.39. The van der Waals surface area contributed by atoms with E-state index in [4.69, 9.17) is 4.42 Å². The fourth-order valence-corrected chi connectivity index (χ4v) is 2.38. The topological polar surface area (TPSA) is 63.8 Å². The lowest BCUT2D eigenvalue weighted by atomic mass is 10.2. The zero-order chi connectivity index (χ0) is 15.5. The first kappa shape index (κ1) is 14.9. The van der Waals surface area contributed by atoms with Crippen LogP contribution in [-0.4, -0.2) is 15.2 Å². The molecule has 2 aromatic heterocycles. The van der Waals surface area contributed by atoms with Gasteiger partial charge in [-0.25, -0.2) is 4.39 Å². The summed E-state index contributed by atoms with van der Waals surface area (Å²) in [5.41, 5.74) is 1.65. The molecule has 1 aromatic carbocycles. The number of rotatable bonds is 4. The predicted molar refractivity (Wildman–Crippen MR) is 89.3 cm³/mol. The summed E-state index contributed by atoms with van der Waals surface area (Å²) in [4.78, 5) is 4.06. The molecular weight excluding hydrogens is 398 g/mol. The number of halogens is 2. The lowest BCUT2D eigenvalue weighted by molar-refractivity contribution is 0.513. The van der Waals surface area contributed by atoms with Crippen LogP contribution in [0.2, 0.25) is 0 Å². The van der Waals surface area contributed by atoms with Crippen molar-refractivity contribution in [2.45, 2.75) is 13.3 Å². The summed E-state index contributed by atoms with van der Waals surface area (Å²) in [6.45, 7) is 1.93. The van der Waals surface area contributed by atoms with Crippen LogP contribution in [0.15, 0.2) is 41.1 Å². The standard InChI is InChI=1S/C15H12FIN4O/c1-2-14-20-21-15(22-14)10-5-6-18-8-13(10)19-12-4-3-9(17)7-11(12)16/h3-8,19H,2H2,1H3. The summed E-state index contributed by atoms with van der Waals surface area (Å²) in [7, 11) is 0. The third-order valence-corrected chi connectivity index (χ3v) is 3.69. The van der Waals surface area contributed by atoms with Crippen molar-refractivity contribution in [2.75, 3.05) is 5.32 Å². The molecule has 7 heteroatoms. The first-order valence-electron chi connectivity index (χ1n) is 6.66. The molecule has 0 saturated heterocycles. The second-order valence-electron chi connectivity index (χ2n) is 4.52. The van der Waals surface area contributed by atoms with Gasteiger partial charge in [-0.3, -0.25) is 4.98 Å². The molecule has 0 aliphatic rings. The Morgan fingerprint density at radius 1 is 1.23 bits per heavy atom. The van der Waals surface area contributed by atoms with E-state index in [-0.39, 0.29) is 5.82 Å². The molecule has 0 spiro atoms. The molecule has 0 bridgehead atoms. The highest BCUT2D eigenvalue weighted by atomic mass is 127. The number of hydrogen-bond donors (Lipinski definition) is 1. The minimum atomic E-state index is -0.332. The van der Waals surface area contributed by atoms with Crippen LogP contribution in [0.25, 0.3) is 11.5 Å². The predicted octanol–water partition coefficient (Wildman–Crippen LogP) is 4.18. The molecule has 3 rings (SSSR count). The largest absolute Gasteiger partial charge is 0.421 e. The molecule has 0 saturated carbocycles. The van der Waals surface area contributed by atoms with E-state index >= 15 is 0 Å². The molecule has 22 heavy (non-hydrogen) atoms. The average molecular weight is 410 g/mol. The van der Waals surface area contributed by atoms with Gasteiger partial charge < -0.3 is 9.73 Å². The highest BCUT2D eigenvalue weighted by molar-refractivity contribution is 14.1. The highest BCUT2D eigenvalue weighted by Gasteiger charge is 2.13. The quantitative estimate of drug-likeness (QED) is 0.654. The Balaban J connectivity index is 1.97. The number of aryl methyl sites for hydroxylation is 1. The van der Waals surface area contributed by atoms with E-state index in [0.29, 0.717) is 35.1 Å². The van der Waals surface area contributed by atoms with Gasteiger partial charge in [0, 0.05) is 16.2 Å². The summed E-state index contributed by atoms with van der Waals surface area (Å²) in [5.74, 6) is 0.604. The van der Waals surface area contributed by atoms with Gasteiger partial charge in [-0.05, 0) is 46.9 Å². The maximum atomic E-state index is 14.0. The number of benzene rings is 1. The zero-order valence-corrected chi connectivity index (χ0v) is 13.8. The van der Waals surface area contributed by atoms with Gasteiger partial charge in [0.15, 0.2) is 0 Å². The molecule has 0 fully saturated rings. The van der Waals surface area contributed by atoms with Crippen LogP contribution in [0.3, 0.4) is 0 Å². The lowest BCUT2D eigenvalue weighted by Crippen LogP contribution is -1.97. The van der Waals surface area contributed by atoms with E-state index in [2.05, 4.69) is 43.1 Å². The highest BCUT2D eigenvalue weighted by Crippen LogP contribution is 2.30. The van der Waals surface area contributed by atoms with E-state index in [9.17, 15) is 4.39 Å². The summed E-state index contributed by atoms with van der Waals surface area (Å²) < 4.78 is 20.4. The summed E-state index contributed by atoms with van der Waals surface area (Å²) in [6.07, 6.45) is 3.88. The van der Waals surface area contributed by atoms with E-state index in [0.717, 1.165) is 3.57 Å². The number of aromatic nitrogens is 3. The van der Waals surface area contributed by atoms with Crippen molar-refractivity contribution in [1.82, 2.24) is 15.2 Å². The zero-order valence-electron chi connectivity index (χ0n) is 11.7. The third kappa shape index (κ3) is 3.08. The van der Waals surface area contributed by atoms with E-state index in [1.165, 1.54) is 6.07 Å². The normalized spacial score (nSPS) is 10.7. The molecule has 5 nitrogen and oxygen atoms in total. The van der Waals surface area contributed by atoms with Crippen molar-refractivity contribution in [3.05, 3.63) is 51.9 Å². The van der Waals surface area contributed by atoms with Crippen LogP contribution in [0.1, 0.15) is 12.8 Å². The van der Waals surface area contributed by atoms with Gasteiger partial charge in [0.05, 0.1) is 23.1 Å². The maximum Gasteiger partial charge on any atom is 0.249 e. The molecule has 0 atom stereocenters. The fraction of sp³-hybridized carbons (Fsp3) is 0.133. The van der Waals surface area contributed by atoms with Crippen LogP contribution in [0.4, 0.5) is 15.8 Å². The molecule has 2 heterocycles. The Labute approximate surface area is 140 Å². The van der Waals surface area contributed by atoms with Gasteiger partial charge in [0.2, 0.25) is 11.8 Å². The van der Waals surface area contributed by atoms with Crippen molar-refractivity contribution in [3.63, 3.8) is 0 Å². The fourth-order valence-electron chi connectivity index (χ4n) is 1.92. The van der Waals surface area contributed by atoms with E-state index < -0.39 is 0 Å². The molecule has 0 unspecified atom stereocenters. The van der Waals surface area contributed by atoms with Crippen LogP contribution in [0, 0.1) is 9.39 Å². The maximum absolute atomic E-state index is 14.0. The van der Waals surface area contributed by atoms with Crippen LogP contribution < -0.4 is 5.32 Å². The molecule has 1 N–H and O–H groups in total. The molecular formula is C15H12FIN4O. The minimum Gasteiger partial charge on any atom is -0.421 e. The molecule has 0 aliphatic carbocycles. The van der Waals surface area contributed by atoms with E-state index in [1.807, 2.05) is 13.0 Å². The SMILES string of the molecule is CCc1nnc(-c2ccncc2Nc2ccc(I)cc2F)o1. The summed E-state index contributed by atoms with van der Waals surface area (Å²) >= 11 is 2.06. The molecule has 3 aromatic rings. The number of hydrogen-bond acceptors (Lipinski definition) is 5. The van der Waals surface area contributed by atoms with Gasteiger partial charge in [0.1, 0.15) is 5.82 Å². The summed E-state index contributed by atoms with van der Waals surface area (Å²) in [6, 6.07) is 6.71. The van der Waals surface area contributed by atoms with Gasteiger partial charge in [0.25, 0.3) is 0 Å². The Hall–Kier alpha value is -2.03. The molecule has 0 aliphatic heterocycles. The van der Waals surface area contributed by atoms with Crippen molar-refractivity contribution in [1.29, 1.82) is 0 Å². The Morgan fingerprint density at radius 3 is 2.82 bits per heavy atom. The van der Waals surface area contributed by atoms with Gasteiger partial charge >= 0.3 is 0 Å². The smallest absolute Gasteiger partial charge is 0.249 e. The van der Waals surface area contributed by atoms with Crippen LogP contribution in [-0.2, 0) is 6.42 Å². The van der Waals surface area contributed by atoms with Crippen LogP contribution >= 0.6 is 22.6 Å². The average Bonchev–Trinajstić information content (AvgIpc) is 2.99. The number of anilines is 2. The van der Waals surface area contributed by atoms with Crippen molar-refractivity contribution in [3.8, 4) is 11.5 Å². The minimum absolute atomic E-state index is 0.332. The Kier molecular flexibility index (Phi) is 4.32. The Bertz CT molecular complexity index is 806. The monoisotopic (exact) mass is 410 g/mol. The first-order valence-corrected chi connectivity index (χ1v) is 7.74. The lowest BCUT2D eigenvalue weighted by Gasteiger charge is -2.10. The molecule has 0 amide bonds. The number of nitrogens with one attached hydrogen (secondary N) is 1. The third-order valence-electron chi connectivity index (χ3n) is 3.02.